The van der Waals surface area contributed by atoms with Crippen LogP contribution in [0.5, 0.6) is 0 Å². The molecule has 2 nitrogen and oxygen atoms in total. The summed E-state index contributed by atoms with van der Waals surface area (Å²) < 4.78 is 0. The Kier molecular flexibility index (Phi) is 2.92. The van der Waals surface area contributed by atoms with E-state index < -0.39 is 0 Å². The second-order valence-corrected chi connectivity index (χ2v) is 4.98. The van der Waals surface area contributed by atoms with Crippen LogP contribution in [-0.4, -0.2) is 10.5 Å². The standard InChI is InChI=1S/C14H18N2/c1-14(2,15)9-7-11-8-10-16-13-6-4-3-5-12(11)13/h3-6,8,10H,7,9,15H2,1-2H3. The van der Waals surface area contributed by atoms with Crippen LogP contribution in [0.15, 0.2) is 36.5 Å². The van der Waals surface area contributed by atoms with Crippen LogP contribution in [0.4, 0.5) is 0 Å². The van der Waals surface area contributed by atoms with Crippen molar-refractivity contribution in [1.29, 1.82) is 0 Å². The summed E-state index contributed by atoms with van der Waals surface area (Å²) in [6, 6.07) is 10.3. The van der Waals surface area contributed by atoms with E-state index in [4.69, 9.17) is 5.73 Å². The molecule has 1 heterocycles. The lowest BCUT2D eigenvalue weighted by atomic mass is 9.95. The largest absolute Gasteiger partial charge is 0.326 e. The summed E-state index contributed by atoms with van der Waals surface area (Å²) in [5.74, 6) is 0. The molecule has 0 unspecified atom stereocenters. The Morgan fingerprint density at radius 1 is 1.19 bits per heavy atom. The molecule has 2 heteroatoms. The molecule has 2 N–H and O–H groups in total. The fourth-order valence-corrected chi connectivity index (χ4v) is 1.83. The molecule has 2 aromatic rings. The number of rotatable bonds is 3. The van der Waals surface area contributed by atoms with Gasteiger partial charge < -0.3 is 5.73 Å². The number of aromatic nitrogens is 1. The van der Waals surface area contributed by atoms with Crippen molar-refractivity contribution >= 4 is 10.9 Å². The molecule has 0 saturated carbocycles. The maximum atomic E-state index is 6.01. The third-order valence-corrected chi connectivity index (χ3v) is 2.78. The first kappa shape index (κ1) is 11.1. The molecule has 0 spiro atoms. The van der Waals surface area contributed by atoms with Gasteiger partial charge in [0, 0.05) is 17.1 Å². The topological polar surface area (TPSA) is 38.9 Å². The molecule has 84 valence electrons. The van der Waals surface area contributed by atoms with E-state index >= 15 is 0 Å². The van der Waals surface area contributed by atoms with Crippen molar-refractivity contribution in [3.8, 4) is 0 Å². The molecular weight excluding hydrogens is 196 g/mol. The predicted octanol–water partition coefficient (Wildman–Crippen LogP) is 2.90. The molecule has 2 rings (SSSR count). The van der Waals surface area contributed by atoms with Crippen LogP contribution in [0, 0.1) is 0 Å². The van der Waals surface area contributed by atoms with E-state index in [1.165, 1.54) is 10.9 Å². The minimum absolute atomic E-state index is 0.107. The SMILES string of the molecule is CC(C)(N)CCc1ccnc2ccccc12. The Labute approximate surface area is 96.5 Å². The van der Waals surface area contributed by atoms with E-state index in [0.29, 0.717) is 0 Å². The second kappa shape index (κ2) is 4.22. The molecule has 16 heavy (non-hydrogen) atoms. The molecule has 0 radical (unpaired) electrons. The highest BCUT2D eigenvalue weighted by Gasteiger charge is 2.11. The smallest absolute Gasteiger partial charge is 0.0704 e. The van der Waals surface area contributed by atoms with Gasteiger partial charge in [-0.1, -0.05) is 18.2 Å². The van der Waals surface area contributed by atoms with E-state index in [9.17, 15) is 0 Å². The van der Waals surface area contributed by atoms with Crippen LogP contribution < -0.4 is 5.73 Å². The number of aryl methyl sites for hydroxylation is 1. The number of fused-ring (bicyclic) bond motifs is 1. The fourth-order valence-electron chi connectivity index (χ4n) is 1.83. The van der Waals surface area contributed by atoms with Gasteiger partial charge in [0.1, 0.15) is 0 Å². The zero-order valence-electron chi connectivity index (χ0n) is 9.90. The van der Waals surface area contributed by atoms with Gasteiger partial charge in [-0.3, -0.25) is 4.98 Å². The van der Waals surface area contributed by atoms with Crippen molar-refractivity contribution in [1.82, 2.24) is 4.98 Å². The molecule has 0 atom stereocenters. The number of para-hydroxylation sites is 1. The van der Waals surface area contributed by atoms with Gasteiger partial charge in [-0.25, -0.2) is 0 Å². The highest BCUT2D eigenvalue weighted by atomic mass is 14.7. The van der Waals surface area contributed by atoms with Gasteiger partial charge in [0.25, 0.3) is 0 Å². The van der Waals surface area contributed by atoms with Crippen LogP contribution in [0.25, 0.3) is 10.9 Å². The van der Waals surface area contributed by atoms with Crippen molar-refractivity contribution < 1.29 is 0 Å². The summed E-state index contributed by atoms with van der Waals surface area (Å²) in [5, 5.41) is 1.24. The maximum Gasteiger partial charge on any atom is 0.0704 e. The monoisotopic (exact) mass is 214 g/mol. The molecule has 0 amide bonds. The van der Waals surface area contributed by atoms with Gasteiger partial charge in [-0.2, -0.15) is 0 Å². The summed E-state index contributed by atoms with van der Waals surface area (Å²) in [4.78, 5) is 4.36. The fraction of sp³-hybridized carbons (Fsp3) is 0.357. The first-order valence-corrected chi connectivity index (χ1v) is 5.68. The number of nitrogens with zero attached hydrogens (tertiary/aromatic N) is 1. The average molecular weight is 214 g/mol. The quantitative estimate of drug-likeness (QED) is 0.853. The molecule has 0 aliphatic carbocycles. The normalized spacial score (nSPS) is 11.9. The Bertz CT molecular complexity index is 478. The summed E-state index contributed by atoms with van der Waals surface area (Å²) >= 11 is 0. The number of nitrogens with two attached hydrogens (primary N) is 1. The van der Waals surface area contributed by atoms with E-state index in [1.54, 1.807) is 0 Å². The van der Waals surface area contributed by atoms with Crippen molar-refractivity contribution in [2.24, 2.45) is 5.73 Å². The van der Waals surface area contributed by atoms with E-state index in [2.05, 4.69) is 37.0 Å². The van der Waals surface area contributed by atoms with Crippen molar-refractivity contribution in [2.75, 3.05) is 0 Å². The lowest BCUT2D eigenvalue weighted by Gasteiger charge is -2.18. The van der Waals surface area contributed by atoms with Crippen molar-refractivity contribution in [2.45, 2.75) is 32.2 Å². The van der Waals surface area contributed by atoms with Gasteiger partial charge in [-0.05, 0) is 44.4 Å². The third-order valence-electron chi connectivity index (χ3n) is 2.78. The van der Waals surface area contributed by atoms with E-state index in [1.807, 2.05) is 18.3 Å². The first-order chi connectivity index (χ1) is 7.56. The second-order valence-electron chi connectivity index (χ2n) is 4.98. The van der Waals surface area contributed by atoms with E-state index in [0.717, 1.165) is 18.4 Å². The number of pyridine rings is 1. The first-order valence-electron chi connectivity index (χ1n) is 5.68. The van der Waals surface area contributed by atoms with Gasteiger partial charge in [0.15, 0.2) is 0 Å². The zero-order chi connectivity index (χ0) is 11.6. The molecule has 0 aliphatic heterocycles. The van der Waals surface area contributed by atoms with E-state index in [-0.39, 0.29) is 5.54 Å². The van der Waals surface area contributed by atoms with Crippen molar-refractivity contribution in [3.05, 3.63) is 42.1 Å². The van der Waals surface area contributed by atoms with Crippen LogP contribution in [-0.2, 0) is 6.42 Å². The lowest BCUT2D eigenvalue weighted by molar-refractivity contribution is 0.477. The highest BCUT2D eigenvalue weighted by Crippen LogP contribution is 2.19. The molecular formula is C14H18N2. The summed E-state index contributed by atoms with van der Waals surface area (Å²) in [6.45, 7) is 4.13. The Morgan fingerprint density at radius 3 is 2.69 bits per heavy atom. The number of hydrogen-bond acceptors (Lipinski definition) is 2. The summed E-state index contributed by atoms with van der Waals surface area (Å²) in [7, 11) is 0. The Balaban J connectivity index is 2.30. The predicted molar refractivity (Wildman–Crippen MR) is 68.3 cm³/mol. The Morgan fingerprint density at radius 2 is 1.94 bits per heavy atom. The summed E-state index contributed by atoms with van der Waals surface area (Å²) in [6.07, 6.45) is 3.87. The van der Waals surface area contributed by atoms with Gasteiger partial charge in [0.2, 0.25) is 0 Å². The third kappa shape index (κ3) is 2.58. The molecule has 0 saturated heterocycles. The van der Waals surface area contributed by atoms with Crippen LogP contribution in [0.3, 0.4) is 0 Å². The Hall–Kier alpha value is -1.41. The maximum absolute atomic E-state index is 6.01. The lowest BCUT2D eigenvalue weighted by Crippen LogP contribution is -2.32. The minimum atomic E-state index is -0.107. The number of hydrogen-bond donors (Lipinski definition) is 1. The summed E-state index contributed by atoms with van der Waals surface area (Å²) in [5.41, 5.74) is 8.31. The zero-order valence-corrected chi connectivity index (χ0v) is 9.90. The average Bonchev–Trinajstić information content (AvgIpc) is 2.25. The van der Waals surface area contributed by atoms with Crippen molar-refractivity contribution in [3.63, 3.8) is 0 Å². The van der Waals surface area contributed by atoms with Gasteiger partial charge in [0.05, 0.1) is 5.52 Å². The van der Waals surface area contributed by atoms with Crippen LogP contribution >= 0.6 is 0 Å². The highest BCUT2D eigenvalue weighted by molar-refractivity contribution is 5.81. The minimum Gasteiger partial charge on any atom is -0.326 e. The van der Waals surface area contributed by atoms with Gasteiger partial charge in [-0.15, -0.1) is 0 Å². The molecule has 1 aromatic heterocycles. The molecule has 1 aromatic carbocycles. The van der Waals surface area contributed by atoms with Crippen LogP contribution in [0.1, 0.15) is 25.8 Å². The molecule has 0 fully saturated rings. The number of benzene rings is 1. The molecule has 0 aliphatic rings. The van der Waals surface area contributed by atoms with Gasteiger partial charge >= 0.3 is 0 Å². The van der Waals surface area contributed by atoms with Crippen LogP contribution in [0.2, 0.25) is 0 Å². The molecule has 0 bridgehead atoms.